The summed E-state index contributed by atoms with van der Waals surface area (Å²) < 4.78 is 26.4. The quantitative estimate of drug-likeness (QED) is 0.628. The van der Waals surface area contributed by atoms with Crippen molar-refractivity contribution in [1.82, 2.24) is 0 Å². The topological polar surface area (TPSA) is 0 Å². The van der Waals surface area contributed by atoms with E-state index in [0.29, 0.717) is 18.4 Å². The molecule has 0 atom stereocenters. The summed E-state index contributed by atoms with van der Waals surface area (Å²) in [5, 5.41) is 0. The highest BCUT2D eigenvalue weighted by Crippen LogP contribution is 2.17. The summed E-state index contributed by atoms with van der Waals surface area (Å²) in [5.41, 5.74) is 0.653. The van der Waals surface area contributed by atoms with Gasteiger partial charge in [0.25, 0.3) is 0 Å². The Bertz CT molecular complexity index is 316. The lowest BCUT2D eigenvalue weighted by Gasteiger charge is -2.05. The summed E-state index contributed by atoms with van der Waals surface area (Å²) in [7, 11) is 0. The van der Waals surface area contributed by atoms with Crippen LogP contribution in [0.1, 0.15) is 17.5 Å². The number of aryl methyl sites for hydroxylation is 1. The van der Waals surface area contributed by atoms with E-state index in [1.54, 1.807) is 13.0 Å². The van der Waals surface area contributed by atoms with E-state index in [0.717, 1.165) is 0 Å². The number of hydrogen-bond acceptors (Lipinski definition) is 0. The fourth-order valence-electron chi connectivity index (χ4n) is 1.19. The van der Waals surface area contributed by atoms with Crippen LogP contribution in [0, 0.1) is 18.6 Å². The molecule has 2 heteroatoms. The second-order valence-corrected chi connectivity index (χ2v) is 2.98. The first-order valence-corrected chi connectivity index (χ1v) is 4.21. The van der Waals surface area contributed by atoms with E-state index in [-0.39, 0.29) is 5.56 Å². The van der Waals surface area contributed by atoms with Crippen LogP contribution in [0.25, 0.3) is 0 Å². The molecule has 0 heterocycles. The van der Waals surface area contributed by atoms with Gasteiger partial charge < -0.3 is 0 Å². The lowest BCUT2D eigenvalue weighted by molar-refractivity contribution is 0.550. The number of benzene rings is 1. The second kappa shape index (κ2) is 4.17. The SMILES string of the molecule is C=CCCc1c(F)ccc(C)c1F. The third kappa shape index (κ3) is 2.14. The molecular formula is C11H12F2. The van der Waals surface area contributed by atoms with E-state index in [2.05, 4.69) is 6.58 Å². The zero-order chi connectivity index (χ0) is 9.84. The van der Waals surface area contributed by atoms with Gasteiger partial charge in [-0.1, -0.05) is 12.1 Å². The Morgan fingerprint density at radius 3 is 2.69 bits per heavy atom. The molecule has 0 aromatic heterocycles. The Balaban J connectivity index is 3.02. The molecule has 13 heavy (non-hydrogen) atoms. The monoisotopic (exact) mass is 182 g/mol. The van der Waals surface area contributed by atoms with Crippen LogP contribution in [-0.4, -0.2) is 0 Å². The van der Waals surface area contributed by atoms with Gasteiger partial charge in [-0.2, -0.15) is 0 Å². The van der Waals surface area contributed by atoms with Crippen LogP contribution in [0.2, 0.25) is 0 Å². The van der Waals surface area contributed by atoms with E-state index in [9.17, 15) is 8.78 Å². The first kappa shape index (κ1) is 9.90. The van der Waals surface area contributed by atoms with Gasteiger partial charge >= 0.3 is 0 Å². The van der Waals surface area contributed by atoms with Crippen molar-refractivity contribution >= 4 is 0 Å². The molecule has 0 saturated carbocycles. The highest BCUT2D eigenvalue weighted by atomic mass is 19.1. The molecule has 0 aliphatic rings. The van der Waals surface area contributed by atoms with Crippen LogP contribution in [-0.2, 0) is 6.42 Å². The zero-order valence-electron chi connectivity index (χ0n) is 7.61. The van der Waals surface area contributed by atoms with Gasteiger partial charge in [-0.3, -0.25) is 0 Å². The first-order chi connectivity index (χ1) is 6.16. The number of rotatable bonds is 3. The summed E-state index contributed by atoms with van der Waals surface area (Å²) >= 11 is 0. The minimum absolute atomic E-state index is 0.167. The van der Waals surface area contributed by atoms with Gasteiger partial charge in [0.1, 0.15) is 11.6 Å². The molecule has 0 aliphatic heterocycles. The van der Waals surface area contributed by atoms with E-state index in [1.807, 2.05) is 0 Å². The van der Waals surface area contributed by atoms with Crippen LogP contribution in [0.5, 0.6) is 0 Å². The third-order valence-electron chi connectivity index (χ3n) is 1.98. The van der Waals surface area contributed by atoms with Crippen molar-refractivity contribution in [3.8, 4) is 0 Å². The minimum Gasteiger partial charge on any atom is -0.207 e. The predicted molar refractivity (Wildman–Crippen MR) is 49.6 cm³/mol. The van der Waals surface area contributed by atoms with E-state index >= 15 is 0 Å². The van der Waals surface area contributed by atoms with Crippen molar-refractivity contribution in [2.75, 3.05) is 0 Å². The van der Waals surface area contributed by atoms with Crippen molar-refractivity contribution < 1.29 is 8.78 Å². The molecule has 1 aromatic rings. The lowest BCUT2D eigenvalue weighted by atomic mass is 10.1. The van der Waals surface area contributed by atoms with Crippen molar-refractivity contribution in [2.45, 2.75) is 19.8 Å². The Morgan fingerprint density at radius 2 is 2.08 bits per heavy atom. The average molecular weight is 182 g/mol. The molecule has 0 aliphatic carbocycles. The molecule has 0 fully saturated rings. The van der Waals surface area contributed by atoms with Gasteiger partial charge in [0.05, 0.1) is 0 Å². The number of allylic oxidation sites excluding steroid dienone is 1. The Kier molecular flexibility index (Phi) is 3.18. The molecule has 0 spiro atoms. The van der Waals surface area contributed by atoms with Gasteiger partial charge in [0.2, 0.25) is 0 Å². The maximum Gasteiger partial charge on any atom is 0.132 e. The van der Waals surface area contributed by atoms with Gasteiger partial charge in [-0.15, -0.1) is 6.58 Å². The zero-order valence-corrected chi connectivity index (χ0v) is 7.61. The van der Waals surface area contributed by atoms with Crippen molar-refractivity contribution in [1.29, 1.82) is 0 Å². The Labute approximate surface area is 76.9 Å². The van der Waals surface area contributed by atoms with Crippen LogP contribution in [0.15, 0.2) is 24.8 Å². The number of halogens is 2. The Morgan fingerprint density at radius 1 is 1.38 bits per heavy atom. The van der Waals surface area contributed by atoms with Gasteiger partial charge in [0, 0.05) is 5.56 Å². The molecule has 1 rings (SSSR count). The van der Waals surface area contributed by atoms with Crippen LogP contribution < -0.4 is 0 Å². The first-order valence-electron chi connectivity index (χ1n) is 4.21. The molecule has 0 saturated heterocycles. The summed E-state index contributed by atoms with van der Waals surface area (Å²) in [6, 6.07) is 2.75. The maximum atomic E-state index is 13.3. The fourth-order valence-corrected chi connectivity index (χ4v) is 1.19. The van der Waals surface area contributed by atoms with Crippen molar-refractivity contribution in [2.24, 2.45) is 0 Å². The molecule has 0 N–H and O–H groups in total. The molecule has 0 radical (unpaired) electrons. The van der Waals surface area contributed by atoms with E-state index < -0.39 is 11.6 Å². The van der Waals surface area contributed by atoms with Crippen LogP contribution in [0.4, 0.5) is 8.78 Å². The maximum absolute atomic E-state index is 13.3. The van der Waals surface area contributed by atoms with Gasteiger partial charge in [-0.05, 0) is 31.4 Å². The smallest absolute Gasteiger partial charge is 0.132 e. The largest absolute Gasteiger partial charge is 0.207 e. The summed E-state index contributed by atoms with van der Waals surface area (Å²) in [5.74, 6) is -0.896. The molecular weight excluding hydrogens is 170 g/mol. The van der Waals surface area contributed by atoms with Crippen LogP contribution in [0.3, 0.4) is 0 Å². The fraction of sp³-hybridized carbons (Fsp3) is 0.273. The minimum atomic E-state index is -0.468. The van der Waals surface area contributed by atoms with Gasteiger partial charge in [-0.25, -0.2) is 8.78 Å². The third-order valence-corrected chi connectivity index (χ3v) is 1.98. The highest BCUT2D eigenvalue weighted by Gasteiger charge is 2.09. The second-order valence-electron chi connectivity index (χ2n) is 2.98. The molecule has 0 bridgehead atoms. The Hall–Kier alpha value is -1.18. The van der Waals surface area contributed by atoms with Crippen LogP contribution >= 0.6 is 0 Å². The number of hydrogen-bond donors (Lipinski definition) is 0. The van der Waals surface area contributed by atoms with Crippen molar-refractivity contribution in [3.63, 3.8) is 0 Å². The van der Waals surface area contributed by atoms with Gasteiger partial charge in [0.15, 0.2) is 0 Å². The van der Waals surface area contributed by atoms with E-state index in [4.69, 9.17) is 0 Å². The highest BCUT2D eigenvalue weighted by molar-refractivity contribution is 5.26. The molecule has 0 unspecified atom stereocenters. The average Bonchev–Trinajstić information content (AvgIpc) is 2.12. The molecule has 1 aromatic carbocycles. The van der Waals surface area contributed by atoms with E-state index in [1.165, 1.54) is 12.1 Å². The molecule has 0 nitrogen and oxygen atoms in total. The van der Waals surface area contributed by atoms with Crippen molar-refractivity contribution in [3.05, 3.63) is 47.5 Å². The summed E-state index contributed by atoms with van der Waals surface area (Å²) in [6.07, 6.45) is 2.63. The molecule has 70 valence electrons. The molecule has 0 amide bonds. The standard InChI is InChI=1S/C11H12F2/c1-3-4-5-9-10(12)7-6-8(2)11(9)13/h3,6-7H,1,4-5H2,2H3. The lowest BCUT2D eigenvalue weighted by Crippen LogP contribution is -1.97. The normalized spacial score (nSPS) is 10.1. The summed E-state index contributed by atoms with van der Waals surface area (Å²) in [6.45, 7) is 5.14. The predicted octanol–water partition coefficient (Wildman–Crippen LogP) is 3.39. The summed E-state index contributed by atoms with van der Waals surface area (Å²) in [4.78, 5) is 0.